The van der Waals surface area contributed by atoms with Crippen LogP contribution in [-0.4, -0.2) is 10.7 Å². The molecule has 0 heterocycles. The second-order valence-corrected chi connectivity index (χ2v) is 3.18. The van der Waals surface area contributed by atoms with Gasteiger partial charge in [-0.1, -0.05) is 11.8 Å². The molecule has 1 aromatic carbocycles. The molecule has 0 aliphatic rings. The van der Waals surface area contributed by atoms with E-state index in [1.165, 1.54) is 12.1 Å². The van der Waals surface area contributed by atoms with Gasteiger partial charge in [-0.3, -0.25) is 10.1 Å². The van der Waals surface area contributed by atoms with E-state index in [9.17, 15) is 14.5 Å². The smallest absolute Gasteiger partial charge is 0.258 e. The zero-order valence-electron chi connectivity index (χ0n) is 7.74. The maximum Gasteiger partial charge on any atom is 0.273 e. The average molecular weight is 225 g/mol. The molecule has 0 saturated carbocycles. The van der Waals surface area contributed by atoms with Crippen molar-refractivity contribution in [1.82, 2.24) is 0 Å². The number of benzene rings is 1. The van der Waals surface area contributed by atoms with E-state index < -0.39 is 10.7 Å². The first kappa shape index (κ1) is 11.5. The van der Waals surface area contributed by atoms with E-state index in [4.69, 9.17) is 0 Å². The summed E-state index contributed by atoms with van der Waals surface area (Å²) in [5.41, 5.74) is 0.0219. The van der Waals surface area contributed by atoms with Crippen LogP contribution in [0.2, 0.25) is 0 Å². The van der Waals surface area contributed by atoms with Gasteiger partial charge in [0.1, 0.15) is 5.82 Å². The van der Waals surface area contributed by atoms with Crippen LogP contribution in [0.15, 0.2) is 18.2 Å². The highest BCUT2D eigenvalue weighted by Gasteiger charge is 2.08. The summed E-state index contributed by atoms with van der Waals surface area (Å²) in [7, 11) is 0. The van der Waals surface area contributed by atoms with Crippen molar-refractivity contribution in [2.75, 3.05) is 5.75 Å². The van der Waals surface area contributed by atoms with Crippen LogP contribution in [0.5, 0.6) is 0 Å². The average Bonchev–Trinajstić information content (AvgIpc) is 2.17. The number of hydrogen-bond acceptors (Lipinski definition) is 3. The highest BCUT2D eigenvalue weighted by molar-refractivity contribution is 7.80. The fourth-order valence-electron chi connectivity index (χ4n) is 0.972. The van der Waals surface area contributed by atoms with Gasteiger partial charge in [0.05, 0.1) is 11.0 Å². The van der Waals surface area contributed by atoms with Gasteiger partial charge in [0.2, 0.25) is 0 Å². The Hall–Kier alpha value is -1.54. The summed E-state index contributed by atoms with van der Waals surface area (Å²) < 4.78 is 12.9. The van der Waals surface area contributed by atoms with E-state index in [1.807, 2.05) is 0 Å². The fraction of sp³-hybridized carbons (Fsp3) is 0.200. The van der Waals surface area contributed by atoms with Crippen LogP contribution >= 0.6 is 12.6 Å². The summed E-state index contributed by atoms with van der Waals surface area (Å²) >= 11 is 3.96. The zero-order valence-corrected chi connectivity index (χ0v) is 8.63. The molecule has 0 amide bonds. The quantitative estimate of drug-likeness (QED) is 0.363. The Morgan fingerprint density at radius 3 is 2.80 bits per heavy atom. The van der Waals surface area contributed by atoms with Crippen molar-refractivity contribution in [2.24, 2.45) is 0 Å². The summed E-state index contributed by atoms with van der Waals surface area (Å²) in [5, 5.41) is 10.4. The predicted molar refractivity (Wildman–Crippen MR) is 58.4 cm³/mol. The first-order valence-electron chi connectivity index (χ1n) is 4.18. The lowest BCUT2D eigenvalue weighted by Crippen LogP contribution is -1.90. The minimum absolute atomic E-state index is 0.287. The van der Waals surface area contributed by atoms with Crippen LogP contribution in [0, 0.1) is 27.8 Å². The largest absolute Gasteiger partial charge is 0.273 e. The molecule has 0 aromatic heterocycles. The summed E-state index contributed by atoms with van der Waals surface area (Å²) in [6.07, 6.45) is 0.563. The van der Waals surface area contributed by atoms with Gasteiger partial charge in [-0.05, 0) is 6.07 Å². The normalized spacial score (nSPS) is 9.20. The molecule has 78 valence electrons. The molecule has 5 heteroatoms. The highest BCUT2D eigenvalue weighted by atomic mass is 32.1. The van der Waals surface area contributed by atoms with Crippen LogP contribution in [0.1, 0.15) is 12.0 Å². The van der Waals surface area contributed by atoms with Crippen molar-refractivity contribution in [3.63, 3.8) is 0 Å². The lowest BCUT2D eigenvalue weighted by molar-refractivity contribution is -0.385. The number of non-ortho nitro benzene ring substituents is 1. The van der Waals surface area contributed by atoms with Gasteiger partial charge in [0, 0.05) is 23.8 Å². The van der Waals surface area contributed by atoms with Crippen LogP contribution in [0.4, 0.5) is 10.1 Å². The van der Waals surface area contributed by atoms with Crippen molar-refractivity contribution in [3.05, 3.63) is 39.7 Å². The molecule has 0 saturated heterocycles. The summed E-state index contributed by atoms with van der Waals surface area (Å²) in [6.45, 7) is 0. The van der Waals surface area contributed by atoms with Gasteiger partial charge >= 0.3 is 0 Å². The number of halogens is 1. The molecule has 0 unspecified atom stereocenters. The van der Waals surface area contributed by atoms with Crippen LogP contribution in [0.3, 0.4) is 0 Å². The van der Waals surface area contributed by atoms with E-state index in [2.05, 4.69) is 24.5 Å². The third-order valence-electron chi connectivity index (χ3n) is 1.56. The molecule has 15 heavy (non-hydrogen) atoms. The summed E-state index contributed by atoms with van der Waals surface area (Å²) in [6, 6.07) is 3.27. The first-order valence-corrected chi connectivity index (χ1v) is 4.81. The topological polar surface area (TPSA) is 43.1 Å². The van der Waals surface area contributed by atoms with Crippen molar-refractivity contribution in [2.45, 2.75) is 6.42 Å². The molecular weight excluding hydrogens is 217 g/mol. The third-order valence-corrected chi connectivity index (χ3v) is 1.79. The summed E-state index contributed by atoms with van der Waals surface area (Å²) in [4.78, 5) is 9.77. The Labute approximate surface area is 91.9 Å². The minimum atomic E-state index is -0.653. The van der Waals surface area contributed by atoms with Crippen molar-refractivity contribution in [1.29, 1.82) is 0 Å². The van der Waals surface area contributed by atoms with Gasteiger partial charge in [0.15, 0.2) is 0 Å². The van der Waals surface area contributed by atoms with Crippen molar-refractivity contribution in [3.8, 4) is 11.8 Å². The van der Waals surface area contributed by atoms with Gasteiger partial charge in [-0.2, -0.15) is 12.6 Å². The van der Waals surface area contributed by atoms with Crippen LogP contribution < -0.4 is 0 Å². The molecule has 0 aliphatic carbocycles. The monoisotopic (exact) mass is 225 g/mol. The third kappa shape index (κ3) is 3.60. The molecule has 3 nitrogen and oxygen atoms in total. The Balaban J connectivity index is 3.00. The lowest BCUT2D eigenvalue weighted by atomic mass is 10.2. The van der Waals surface area contributed by atoms with Crippen molar-refractivity contribution >= 4 is 18.3 Å². The number of rotatable bonds is 2. The fourth-order valence-corrected chi connectivity index (χ4v) is 1.08. The SMILES string of the molecule is O=[N+]([O-])c1cc(F)cc(C#CCCS)c1. The Kier molecular flexibility index (Phi) is 4.13. The van der Waals surface area contributed by atoms with Crippen molar-refractivity contribution < 1.29 is 9.31 Å². The standard InChI is InChI=1S/C10H8FNO2S/c11-9-5-8(3-1-2-4-15)6-10(7-9)12(13)14/h5-7,15H,2,4H2. The molecule has 1 aromatic rings. The van der Waals surface area contributed by atoms with E-state index in [0.717, 1.165) is 6.07 Å². The first-order chi connectivity index (χ1) is 7.13. The maximum absolute atomic E-state index is 12.9. The Morgan fingerprint density at radius 2 is 2.20 bits per heavy atom. The molecule has 0 atom stereocenters. The Morgan fingerprint density at radius 1 is 1.47 bits per heavy atom. The molecule has 0 aliphatic heterocycles. The van der Waals surface area contributed by atoms with E-state index in [1.54, 1.807) is 0 Å². The molecule has 0 N–H and O–H groups in total. The molecule has 0 radical (unpaired) electrons. The molecule has 0 spiro atoms. The van der Waals surface area contributed by atoms with Gasteiger partial charge in [-0.15, -0.1) is 0 Å². The highest BCUT2D eigenvalue weighted by Crippen LogP contribution is 2.15. The number of nitro groups is 1. The van der Waals surface area contributed by atoms with E-state index >= 15 is 0 Å². The number of hydrogen-bond donors (Lipinski definition) is 1. The second-order valence-electron chi connectivity index (χ2n) is 2.73. The second kappa shape index (κ2) is 5.37. The van der Waals surface area contributed by atoms with Gasteiger partial charge < -0.3 is 0 Å². The molecule has 0 fully saturated rings. The van der Waals surface area contributed by atoms with Gasteiger partial charge in [-0.25, -0.2) is 4.39 Å². The van der Waals surface area contributed by atoms with Crippen LogP contribution in [0.25, 0.3) is 0 Å². The number of thiol groups is 1. The zero-order chi connectivity index (χ0) is 11.3. The van der Waals surface area contributed by atoms with E-state index in [-0.39, 0.29) is 5.69 Å². The minimum Gasteiger partial charge on any atom is -0.258 e. The molecule has 1 rings (SSSR count). The molecular formula is C10H8FNO2S. The molecule has 0 bridgehead atoms. The lowest BCUT2D eigenvalue weighted by Gasteiger charge is -1.93. The predicted octanol–water partition coefficient (Wildman–Crippen LogP) is 2.41. The summed E-state index contributed by atoms with van der Waals surface area (Å²) in [5.74, 6) is 5.32. The number of nitro benzene ring substituents is 1. The van der Waals surface area contributed by atoms with E-state index in [0.29, 0.717) is 17.7 Å². The Bertz CT molecular complexity index is 437. The van der Waals surface area contributed by atoms with Crippen LogP contribution in [-0.2, 0) is 0 Å². The maximum atomic E-state index is 12.9. The number of nitrogens with zero attached hydrogens (tertiary/aromatic N) is 1. The van der Waals surface area contributed by atoms with Gasteiger partial charge in [0.25, 0.3) is 5.69 Å².